The lowest BCUT2D eigenvalue weighted by Gasteiger charge is -2.18. The van der Waals surface area contributed by atoms with Crippen LogP contribution in [0.1, 0.15) is 11.3 Å². The number of carbonyl (C=O) groups is 1. The Bertz CT molecular complexity index is 805. The lowest BCUT2D eigenvalue weighted by molar-refractivity contribution is -0.137. The van der Waals surface area contributed by atoms with Crippen molar-refractivity contribution >= 4 is 5.78 Å². The first-order valence-electron chi connectivity index (χ1n) is 6.53. The van der Waals surface area contributed by atoms with E-state index in [4.69, 9.17) is 0 Å². The minimum atomic E-state index is -4.47. The largest absolute Gasteiger partial charge is 0.416 e. The fourth-order valence-electron chi connectivity index (χ4n) is 2.10. The van der Waals surface area contributed by atoms with E-state index in [1.54, 1.807) is 0 Å². The van der Waals surface area contributed by atoms with Gasteiger partial charge in [-0.2, -0.15) is 13.2 Å². The zero-order valence-electron chi connectivity index (χ0n) is 11.5. The molecular formula is C15H10F3N3O2. The van der Waals surface area contributed by atoms with Crippen LogP contribution in [0.4, 0.5) is 13.2 Å². The topological polar surface area (TPSA) is 68.0 Å². The van der Waals surface area contributed by atoms with Gasteiger partial charge in [0, 0.05) is 0 Å². The predicted molar refractivity (Wildman–Crippen MR) is 73.5 cm³/mol. The Morgan fingerprint density at radius 2 is 1.87 bits per heavy atom. The first-order chi connectivity index (χ1) is 10.8. The van der Waals surface area contributed by atoms with E-state index in [1.165, 1.54) is 42.6 Å². The molecule has 1 aliphatic carbocycles. The van der Waals surface area contributed by atoms with Crippen LogP contribution in [0.3, 0.4) is 0 Å². The SMILES string of the molecule is O=C1C=CC(O)(c2cn(-c3cccc(C(F)(F)F)c3)nn2)C=C1. The third-order valence-electron chi connectivity index (χ3n) is 3.35. The molecule has 0 aliphatic heterocycles. The zero-order chi connectivity index (χ0) is 16.7. The number of halogens is 3. The van der Waals surface area contributed by atoms with E-state index < -0.39 is 17.3 Å². The second-order valence-electron chi connectivity index (χ2n) is 4.99. The number of benzene rings is 1. The Kier molecular flexibility index (Phi) is 3.41. The zero-order valence-corrected chi connectivity index (χ0v) is 11.5. The highest BCUT2D eigenvalue weighted by Gasteiger charge is 2.31. The van der Waals surface area contributed by atoms with Crippen molar-refractivity contribution < 1.29 is 23.1 Å². The van der Waals surface area contributed by atoms with E-state index >= 15 is 0 Å². The normalized spacial score (nSPS) is 16.8. The number of hydrogen-bond acceptors (Lipinski definition) is 4. The summed E-state index contributed by atoms with van der Waals surface area (Å²) in [6.45, 7) is 0. The van der Waals surface area contributed by atoms with Gasteiger partial charge in [-0.25, -0.2) is 4.68 Å². The van der Waals surface area contributed by atoms with Gasteiger partial charge in [-0.05, 0) is 42.5 Å². The Morgan fingerprint density at radius 3 is 2.52 bits per heavy atom. The van der Waals surface area contributed by atoms with Crippen LogP contribution < -0.4 is 0 Å². The highest BCUT2D eigenvalue weighted by atomic mass is 19.4. The summed E-state index contributed by atoms with van der Waals surface area (Å²) in [6, 6.07) is 4.58. The number of aromatic nitrogens is 3. The quantitative estimate of drug-likeness (QED) is 0.920. The number of hydrogen-bond donors (Lipinski definition) is 1. The van der Waals surface area contributed by atoms with Crippen LogP contribution >= 0.6 is 0 Å². The number of nitrogens with zero attached hydrogens (tertiary/aromatic N) is 3. The van der Waals surface area contributed by atoms with E-state index in [0.29, 0.717) is 0 Å². The summed E-state index contributed by atoms with van der Waals surface area (Å²) in [7, 11) is 0. The molecule has 118 valence electrons. The smallest absolute Gasteiger partial charge is 0.376 e. The van der Waals surface area contributed by atoms with Gasteiger partial charge < -0.3 is 5.11 Å². The number of alkyl halides is 3. The van der Waals surface area contributed by atoms with Crippen molar-refractivity contribution in [1.82, 2.24) is 15.0 Å². The van der Waals surface area contributed by atoms with E-state index in [1.807, 2.05) is 0 Å². The third kappa shape index (κ3) is 2.93. The van der Waals surface area contributed by atoms with Crippen molar-refractivity contribution in [3.05, 3.63) is 66.0 Å². The molecule has 3 rings (SSSR count). The van der Waals surface area contributed by atoms with Crippen LogP contribution in [0.25, 0.3) is 5.69 Å². The van der Waals surface area contributed by atoms with Gasteiger partial charge in [0.2, 0.25) is 0 Å². The van der Waals surface area contributed by atoms with Crippen molar-refractivity contribution in [3.63, 3.8) is 0 Å². The highest BCUT2D eigenvalue weighted by Crippen LogP contribution is 2.31. The highest BCUT2D eigenvalue weighted by molar-refractivity contribution is 6.00. The van der Waals surface area contributed by atoms with Crippen molar-refractivity contribution in [2.24, 2.45) is 0 Å². The molecule has 0 unspecified atom stereocenters. The maximum absolute atomic E-state index is 12.7. The van der Waals surface area contributed by atoms with Crippen LogP contribution in [0, 0.1) is 0 Å². The Labute approximate surface area is 128 Å². The number of carbonyl (C=O) groups excluding carboxylic acids is 1. The molecular weight excluding hydrogens is 311 g/mol. The molecule has 5 nitrogen and oxygen atoms in total. The first kappa shape index (κ1) is 15.2. The van der Waals surface area contributed by atoms with Crippen LogP contribution in [-0.4, -0.2) is 25.9 Å². The van der Waals surface area contributed by atoms with Gasteiger partial charge in [0.15, 0.2) is 5.78 Å². The molecule has 0 bridgehead atoms. The molecule has 2 aromatic rings. The van der Waals surface area contributed by atoms with Gasteiger partial charge in [-0.1, -0.05) is 11.3 Å². The van der Waals surface area contributed by atoms with Gasteiger partial charge >= 0.3 is 6.18 Å². The molecule has 0 fully saturated rings. The molecule has 0 saturated carbocycles. The van der Waals surface area contributed by atoms with Crippen molar-refractivity contribution in [2.75, 3.05) is 0 Å². The maximum atomic E-state index is 12.7. The average Bonchev–Trinajstić information content (AvgIpc) is 3.00. The van der Waals surface area contributed by atoms with E-state index in [9.17, 15) is 23.1 Å². The molecule has 1 aromatic carbocycles. The number of aliphatic hydroxyl groups is 1. The van der Waals surface area contributed by atoms with Crippen LogP contribution in [0.2, 0.25) is 0 Å². The molecule has 1 aliphatic rings. The average molecular weight is 321 g/mol. The summed E-state index contributed by atoms with van der Waals surface area (Å²) in [6.07, 6.45) is 1.70. The summed E-state index contributed by atoms with van der Waals surface area (Å²) in [5, 5.41) is 17.9. The van der Waals surface area contributed by atoms with Gasteiger partial charge in [-0.15, -0.1) is 5.10 Å². The maximum Gasteiger partial charge on any atom is 0.416 e. The number of allylic oxidation sites excluding steroid dienone is 2. The Morgan fingerprint density at radius 1 is 1.17 bits per heavy atom. The molecule has 0 saturated heterocycles. The van der Waals surface area contributed by atoms with Crippen LogP contribution in [-0.2, 0) is 16.6 Å². The molecule has 0 amide bonds. The Hall–Kier alpha value is -2.74. The van der Waals surface area contributed by atoms with Crippen LogP contribution in [0.15, 0.2) is 54.8 Å². The Balaban J connectivity index is 1.96. The van der Waals surface area contributed by atoms with Crippen LogP contribution in [0.5, 0.6) is 0 Å². The molecule has 0 spiro atoms. The lowest BCUT2D eigenvalue weighted by atomic mass is 9.95. The fraction of sp³-hybridized carbons (Fsp3) is 0.133. The van der Waals surface area contributed by atoms with Gasteiger partial charge in [0.05, 0.1) is 17.4 Å². The lowest BCUT2D eigenvalue weighted by Crippen LogP contribution is -2.23. The van der Waals surface area contributed by atoms with E-state index in [2.05, 4.69) is 10.3 Å². The minimum absolute atomic E-state index is 0.0925. The van der Waals surface area contributed by atoms with Gasteiger partial charge in [0.25, 0.3) is 0 Å². The summed E-state index contributed by atoms with van der Waals surface area (Å²) >= 11 is 0. The number of ketones is 1. The van der Waals surface area contributed by atoms with Crippen molar-refractivity contribution in [1.29, 1.82) is 0 Å². The number of rotatable bonds is 2. The third-order valence-corrected chi connectivity index (χ3v) is 3.35. The molecule has 0 atom stereocenters. The fourth-order valence-corrected chi connectivity index (χ4v) is 2.10. The predicted octanol–water partition coefficient (Wildman–Crippen LogP) is 2.17. The van der Waals surface area contributed by atoms with E-state index in [-0.39, 0.29) is 17.2 Å². The minimum Gasteiger partial charge on any atom is -0.376 e. The molecule has 8 heteroatoms. The molecule has 1 N–H and O–H groups in total. The molecule has 1 aromatic heterocycles. The second kappa shape index (κ2) is 5.17. The molecule has 1 heterocycles. The van der Waals surface area contributed by atoms with Crippen molar-refractivity contribution in [3.8, 4) is 5.69 Å². The summed E-state index contributed by atoms with van der Waals surface area (Å²) in [4.78, 5) is 11.1. The van der Waals surface area contributed by atoms with Crippen molar-refractivity contribution in [2.45, 2.75) is 11.8 Å². The van der Waals surface area contributed by atoms with E-state index in [0.717, 1.165) is 16.8 Å². The summed E-state index contributed by atoms with van der Waals surface area (Å²) in [5.74, 6) is -0.278. The van der Waals surface area contributed by atoms with Gasteiger partial charge in [-0.3, -0.25) is 4.79 Å². The standard InChI is InChI=1S/C15H10F3N3O2/c16-15(17,18)10-2-1-3-11(8-10)21-9-13(19-20-21)14(23)6-4-12(22)5-7-14/h1-9,23H. The van der Waals surface area contributed by atoms with Gasteiger partial charge in [0.1, 0.15) is 11.3 Å². The first-order valence-corrected chi connectivity index (χ1v) is 6.53. The monoisotopic (exact) mass is 321 g/mol. The molecule has 0 radical (unpaired) electrons. The summed E-state index contributed by atoms with van der Waals surface area (Å²) in [5.41, 5.74) is -2.18. The summed E-state index contributed by atoms with van der Waals surface area (Å²) < 4.78 is 39.4. The molecule has 23 heavy (non-hydrogen) atoms. The second-order valence-corrected chi connectivity index (χ2v) is 4.99.